The van der Waals surface area contributed by atoms with E-state index in [-0.39, 0.29) is 0 Å². The molecule has 2 rings (SSSR count). The third-order valence-corrected chi connectivity index (χ3v) is 2.15. The summed E-state index contributed by atoms with van der Waals surface area (Å²) in [6, 6.07) is 5.37. The summed E-state index contributed by atoms with van der Waals surface area (Å²) >= 11 is 0. The zero-order valence-electron chi connectivity index (χ0n) is 9.27. The first-order valence-corrected chi connectivity index (χ1v) is 5.00. The van der Waals surface area contributed by atoms with E-state index in [2.05, 4.69) is 15.5 Å². The average molecular weight is 229 g/mol. The Kier molecular flexibility index (Phi) is 2.92. The number of rotatable bonds is 3. The first-order chi connectivity index (χ1) is 8.19. The first kappa shape index (κ1) is 11.0. The zero-order chi connectivity index (χ0) is 12.3. The highest BCUT2D eigenvalue weighted by Crippen LogP contribution is 2.16. The Morgan fingerprint density at radius 1 is 1.53 bits per heavy atom. The number of hydrogen-bond acceptors (Lipinski definition) is 6. The van der Waals surface area contributed by atoms with E-state index < -0.39 is 0 Å². The molecular weight excluding hydrogens is 218 g/mol. The molecule has 0 spiro atoms. The minimum atomic E-state index is 0.431. The SMILES string of the molecule is Cc1cc(CNc2ncc(C#N)cc2N)on1. The van der Waals surface area contributed by atoms with Crippen LogP contribution in [-0.4, -0.2) is 10.1 Å². The van der Waals surface area contributed by atoms with Crippen molar-refractivity contribution in [3.05, 3.63) is 35.3 Å². The van der Waals surface area contributed by atoms with Gasteiger partial charge in [0.15, 0.2) is 5.76 Å². The third-order valence-electron chi connectivity index (χ3n) is 2.15. The van der Waals surface area contributed by atoms with E-state index >= 15 is 0 Å². The fourth-order valence-electron chi connectivity index (χ4n) is 1.36. The Hall–Kier alpha value is -2.55. The Balaban J connectivity index is 2.07. The van der Waals surface area contributed by atoms with E-state index in [4.69, 9.17) is 15.5 Å². The van der Waals surface area contributed by atoms with Crippen LogP contribution < -0.4 is 11.1 Å². The van der Waals surface area contributed by atoms with Gasteiger partial charge in [-0.05, 0) is 13.0 Å². The molecule has 6 heteroatoms. The number of anilines is 2. The van der Waals surface area contributed by atoms with Crippen molar-refractivity contribution in [1.29, 1.82) is 5.26 Å². The second-order valence-electron chi connectivity index (χ2n) is 3.56. The second-order valence-corrected chi connectivity index (χ2v) is 3.56. The summed E-state index contributed by atoms with van der Waals surface area (Å²) < 4.78 is 5.04. The van der Waals surface area contributed by atoms with Gasteiger partial charge in [0, 0.05) is 12.3 Å². The fourth-order valence-corrected chi connectivity index (χ4v) is 1.36. The highest BCUT2D eigenvalue weighted by molar-refractivity contribution is 5.62. The Morgan fingerprint density at radius 2 is 2.35 bits per heavy atom. The molecule has 0 saturated carbocycles. The van der Waals surface area contributed by atoms with E-state index in [1.165, 1.54) is 6.20 Å². The van der Waals surface area contributed by atoms with Crippen LogP contribution in [-0.2, 0) is 6.54 Å². The van der Waals surface area contributed by atoms with Gasteiger partial charge in [-0.25, -0.2) is 4.98 Å². The number of hydrogen-bond donors (Lipinski definition) is 2. The van der Waals surface area contributed by atoms with Gasteiger partial charge in [-0.2, -0.15) is 5.26 Å². The number of pyridine rings is 1. The molecule has 3 N–H and O–H groups in total. The average Bonchev–Trinajstić information content (AvgIpc) is 2.73. The number of aryl methyl sites for hydroxylation is 1. The number of nitriles is 1. The van der Waals surface area contributed by atoms with Gasteiger partial charge in [0.2, 0.25) is 0 Å². The van der Waals surface area contributed by atoms with Crippen LogP contribution in [0.4, 0.5) is 11.5 Å². The molecule has 86 valence electrons. The topological polar surface area (TPSA) is 101 Å². The Bertz CT molecular complexity index is 569. The smallest absolute Gasteiger partial charge is 0.156 e. The largest absolute Gasteiger partial charge is 0.396 e. The molecule has 0 unspecified atom stereocenters. The van der Waals surface area contributed by atoms with Gasteiger partial charge in [0.25, 0.3) is 0 Å². The minimum absolute atomic E-state index is 0.431. The van der Waals surface area contributed by atoms with E-state index in [0.717, 1.165) is 5.69 Å². The van der Waals surface area contributed by atoms with Crippen LogP contribution in [0.2, 0.25) is 0 Å². The quantitative estimate of drug-likeness (QED) is 0.825. The maximum Gasteiger partial charge on any atom is 0.156 e. The highest BCUT2D eigenvalue weighted by atomic mass is 16.5. The number of aromatic nitrogens is 2. The van der Waals surface area contributed by atoms with Crippen LogP contribution in [0.1, 0.15) is 17.0 Å². The number of nitrogens with zero attached hydrogens (tertiary/aromatic N) is 3. The summed E-state index contributed by atoms with van der Waals surface area (Å²) in [5.74, 6) is 1.23. The van der Waals surface area contributed by atoms with E-state index in [1.807, 2.05) is 19.1 Å². The van der Waals surface area contributed by atoms with Crippen LogP contribution >= 0.6 is 0 Å². The van der Waals surface area contributed by atoms with Gasteiger partial charge in [-0.15, -0.1) is 0 Å². The molecule has 6 nitrogen and oxygen atoms in total. The van der Waals surface area contributed by atoms with Crippen molar-refractivity contribution in [2.45, 2.75) is 13.5 Å². The monoisotopic (exact) mass is 229 g/mol. The van der Waals surface area contributed by atoms with Gasteiger partial charge in [0.05, 0.1) is 23.5 Å². The lowest BCUT2D eigenvalue weighted by Gasteiger charge is -2.05. The van der Waals surface area contributed by atoms with Crippen molar-refractivity contribution < 1.29 is 4.52 Å². The van der Waals surface area contributed by atoms with E-state index in [9.17, 15) is 0 Å². The first-order valence-electron chi connectivity index (χ1n) is 5.00. The highest BCUT2D eigenvalue weighted by Gasteiger charge is 2.04. The van der Waals surface area contributed by atoms with Crippen molar-refractivity contribution in [2.24, 2.45) is 0 Å². The second kappa shape index (κ2) is 4.53. The Labute approximate surface area is 98.1 Å². The summed E-state index contributed by atoms with van der Waals surface area (Å²) in [5, 5.41) is 15.5. The predicted molar refractivity (Wildman–Crippen MR) is 61.9 cm³/mol. The maximum atomic E-state index is 8.67. The zero-order valence-corrected chi connectivity index (χ0v) is 9.27. The van der Waals surface area contributed by atoms with Crippen molar-refractivity contribution in [3.8, 4) is 6.07 Å². The number of nitrogen functional groups attached to an aromatic ring is 1. The van der Waals surface area contributed by atoms with Crippen molar-refractivity contribution in [3.63, 3.8) is 0 Å². The van der Waals surface area contributed by atoms with E-state index in [1.54, 1.807) is 6.07 Å². The summed E-state index contributed by atoms with van der Waals surface area (Å²) in [7, 11) is 0. The van der Waals surface area contributed by atoms with Gasteiger partial charge in [0.1, 0.15) is 11.9 Å². The molecule has 17 heavy (non-hydrogen) atoms. The molecule has 0 fully saturated rings. The lowest BCUT2D eigenvalue weighted by Crippen LogP contribution is -2.04. The molecule has 0 aliphatic rings. The van der Waals surface area contributed by atoms with Crippen molar-refractivity contribution in [1.82, 2.24) is 10.1 Å². The summed E-state index contributed by atoms with van der Waals surface area (Å²) in [6.07, 6.45) is 1.46. The molecule has 0 aliphatic heterocycles. The number of nitrogens with two attached hydrogens (primary N) is 1. The molecule has 0 radical (unpaired) electrons. The van der Waals surface area contributed by atoms with Gasteiger partial charge >= 0.3 is 0 Å². The molecular formula is C11H11N5O. The maximum absolute atomic E-state index is 8.67. The lowest BCUT2D eigenvalue weighted by molar-refractivity contribution is 0.384. The fraction of sp³-hybridized carbons (Fsp3) is 0.182. The summed E-state index contributed by atoms with van der Waals surface area (Å²) in [4.78, 5) is 4.05. The van der Waals surface area contributed by atoms with Crippen LogP contribution in [0.5, 0.6) is 0 Å². The van der Waals surface area contributed by atoms with Gasteiger partial charge in [-0.3, -0.25) is 0 Å². The third kappa shape index (κ3) is 2.52. The molecule has 0 bridgehead atoms. The molecule has 2 heterocycles. The molecule has 0 atom stereocenters. The van der Waals surface area contributed by atoms with Gasteiger partial charge in [-0.1, -0.05) is 5.16 Å². The lowest BCUT2D eigenvalue weighted by atomic mass is 10.3. The van der Waals surface area contributed by atoms with Crippen molar-refractivity contribution in [2.75, 3.05) is 11.1 Å². The molecule has 0 aliphatic carbocycles. The standard InChI is InChI=1S/C11H11N5O/c1-7-2-9(17-16-7)6-15-11-10(13)3-8(4-12)5-14-11/h2-3,5H,6,13H2,1H3,(H,14,15). The Morgan fingerprint density at radius 3 is 2.94 bits per heavy atom. The molecule has 0 aromatic carbocycles. The molecule has 2 aromatic heterocycles. The van der Waals surface area contributed by atoms with Crippen molar-refractivity contribution >= 4 is 11.5 Å². The van der Waals surface area contributed by atoms with Crippen LogP contribution in [0, 0.1) is 18.3 Å². The molecule has 2 aromatic rings. The minimum Gasteiger partial charge on any atom is -0.396 e. The summed E-state index contributed by atoms with van der Waals surface area (Å²) in [6.45, 7) is 2.30. The molecule has 0 saturated heterocycles. The van der Waals surface area contributed by atoms with E-state index in [0.29, 0.717) is 29.4 Å². The molecule has 0 amide bonds. The van der Waals surface area contributed by atoms with Gasteiger partial charge < -0.3 is 15.6 Å². The summed E-state index contributed by atoms with van der Waals surface area (Å²) in [5.41, 5.74) is 7.43. The van der Waals surface area contributed by atoms with Crippen LogP contribution in [0.3, 0.4) is 0 Å². The predicted octanol–water partition coefficient (Wildman–Crippen LogP) is 1.44. The van der Waals surface area contributed by atoms with Crippen LogP contribution in [0.15, 0.2) is 22.9 Å². The normalized spacial score (nSPS) is 9.88. The van der Waals surface area contributed by atoms with Crippen LogP contribution in [0.25, 0.3) is 0 Å². The number of nitrogens with one attached hydrogen (secondary N) is 1.